The third-order valence-corrected chi connectivity index (χ3v) is 6.28. The average Bonchev–Trinajstić information content (AvgIpc) is 2.83. The molecular weight excluding hydrogens is 432 g/mol. The molecule has 5 heteroatoms. The lowest BCUT2D eigenvalue weighted by molar-refractivity contribution is 0.190. The van der Waals surface area contributed by atoms with Crippen LogP contribution in [0.3, 0.4) is 0 Å². The van der Waals surface area contributed by atoms with E-state index in [2.05, 4.69) is 71.7 Å². The highest BCUT2D eigenvalue weighted by molar-refractivity contribution is 5.86. The summed E-state index contributed by atoms with van der Waals surface area (Å²) >= 11 is 0. The molecule has 1 aliphatic rings. The zero-order chi connectivity index (χ0) is 22.1. The average molecular weight is 461 g/mol. The summed E-state index contributed by atoms with van der Waals surface area (Å²) in [5, 5.41) is 16.5. The molecule has 0 radical (unpaired) electrons. The van der Waals surface area contributed by atoms with Gasteiger partial charge in [-0.3, -0.25) is 0 Å². The summed E-state index contributed by atoms with van der Waals surface area (Å²) in [6, 6.07) is 29.1. The van der Waals surface area contributed by atoms with Crippen LogP contribution in [0.15, 0.2) is 84.9 Å². The third-order valence-electron chi connectivity index (χ3n) is 6.28. The second kappa shape index (κ2) is 9.74. The normalized spacial score (nSPS) is 15.9. The van der Waals surface area contributed by atoms with Crippen LogP contribution < -0.4 is 15.0 Å². The number of fused-ring (bicyclic) bond motifs is 2. The number of hydrogen-bond donors (Lipinski definition) is 2. The number of halogens is 1. The number of benzene rings is 4. The maximum absolute atomic E-state index is 10.3. The van der Waals surface area contributed by atoms with Crippen LogP contribution in [0.5, 0.6) is 11.5 Å². The molecule has 33 heavy (non-hydrogen) atoms. The molecule has 0 saturated heterocycles. The maximum Gasteiger partial charge on any atom is 0.143 e. The van der Waals surface area contributed by atoms with E-state index in [1.165, 1.54) is 16.3 Å². The van der Waals surface area contributed by atoms with E-state index in [-0.39, 0.29) is 24.6 Å². The molecule has 0 aliphatic carbocycles. The second-order valence-corrected chi connectivity index (χ2v) is 8.49. The van der Waals surface area contributed by atoms with Gasteiger partial charge in [-0.1, -0.05) is 60.7 Å². The van der Waals surface area contributed by atoms with Crippen molar-refractivity contribution in [3.63, 3.8) is 0 Å². The fraction of sp³-hybridized carbons (Fsp3) is 0.214. The Bertz CT molecular complexity index is 1250. The van der Waals surface area contributed by atoms with Gasteiger partial charge in [0, 0.05) is 24.3 Å². The zero-order valence-corrected chi connectivity index (χ0v) is 19.7. The van der Waals surface area contributed by atoms with Gasteiger partial charge < -0.3 is 20.1 Å². The topological polar surface area (TPSA) is 44.7 Å². The van der Waals surface area contributed by atoms with E-state index in [4.69, 9.17) is 4.74 Å². The van der Waals surface area contributed by atoms with Crippen LogP contribution in [0.4, 0.5) is 11.4 Å². The first-order valence-electron chi connectivity index (χ1n) is 11.1. The van der Waals surface area contributed by atoms with Crippen molar-refractivity contribution >= 4 is 34.6 Å². The SMILES string of the molecule is Cc1ccc(N2CC(CN[C@H](C)c3cccc4ccccc34)Oc3ccccc32)cc1O.Cl. The molecule has 0 bridgehead atoms. The summed E-state index contributed by atoms with van der Waals surface area (Å²) in [5.41, 5.74) is 4.15. The fourth-order valence-electron chi connectivity index (χ4n) is 4.46. The number of para-hydroxylation sites is 2. The van der Waals surface area contributed by atoms with Gasteiger partial charge in [0.15, 0.2) is 0 Å². The molecule has 1 unspecified atom stereocenters. The number of phenols is 1. The Hall–Kier alpha value is -3.21. The van der Waals surface area contributed by atoms with Crippen molar-refractivity contribution in [2.24, 2.45) is 0 Å². The Morgan fingerprint density at radius 1 is 1.00 bits per heavy atom. The van der Waals surface area contributed by atoms with Crippen LogP contribution in [0, 0.1) is 6.92 Å². The lowest BCUT2D eigenvalue weighted by atomic mass is 9.99. The van der Waals surface area contributed by atoms with E-state index in [0.29, 0.717) is 18.8 Å². The van der Waals surface area contributed by atoms with Gasteiger partial charge in [-0.2, -0.15) is 0 Å². The molecule has 1 aliphatic heterocycles. The molecule has 4 aromatic carbocycles. The van der Waals surface area contributed by atoms with E-state index < -0.39 is 0 Å². The zero-order valence-electron chi connectivity index (χ0n) is 18.9. The van der Waals surface area contributed by atoms with E-state index in [1.54, 1.807) is 0 Å². The van der Waals surface area contributed by atoms with Crippen LogP contribution in [0.25, 0.3) is 10.8 Å². The Kier molecular flexibility index (Phi) is 6.77. The number of ether oxygens (including phenoxy) is 1. The summed E-state index contributed by atoms with van der Waals surface area (Å²) in [6.07, 6.45) is -0.0224. The monoisotopic (exact) mass is 460 g/mol. The minimum absolute atomic E-state index is 0. The first kappa shape index (κ1) is 23.0. The highest BCUT2D eigenvalue weighted by atomic mass is 35.5. The van der Waals surface area contributed by atoms with Crippen molar-refractivity contribution in [1.29, 1.82) is 0 Å². The number of aryl methyl sites for hydroxylation is 1. The largest absolute Gasteiger partial charge is 0.508 e. The Morgan fingerprint density at radius 3 is 2.61 bits per heavy atom. The highest BCUT2D eigenvalue weighted by Crippen LogP contribution is 2.39. The third kappa shape index (κ3) is 4.63. The first-order chi connectivity index (χ1) is 15.6. The number of nitrogens with one attached hydrogen (secondary N) is 1. The first-order valence-corrected chi connectivity index (χ1v) is 11.1. The van der Waals surface area contributed by atoms with Gasteiger partial charge in [0.1, 0.15) is 17.6 Å². The molecule has 0 spiro atoms. The Balaban J connectivity index is 0.00000259. The van der Waals surface area contributed by atoms with E-state index >= 15 is 0 Å². The van der Waals surface area contributed by atoms with Gasteiger partial charge in [0.05, 0.1) is 12.2 Å². The number of hydrogen-bond acceptors (Lipinski definition) is 4. The molecule has 1 heterocycles. The van der Waals surface area contributed by atoms with Gasteiger partial charge in [-0.05, 0) is 53.9 Å². The molecule has 4 nitrogen and oxygen atoms in total. The number of rotatable bonds is 5. The fourth-order valence-corrected chi connectivity index (χ4v) is 4.46. The predicted molar refractivity (Wildman–Crippen MR) is 138 cm³/mol. The lowest BCUT2D eigenvalue weighted by Crippen LogP contribution is -2.44. The Labute approximate surface area is 201 Å². The van der Waals surface area contributed by atoms with Crippen LogP contribution in [0.1, 0.15) is 24.1 Å². The molecule has 0 fully saturated rings. The smallest absolute Gasteiger partial charge is 0.143 e. The van der Waals surface area contributed by atoms with Crippen molar-refractivity contribution in [3.8, 4) is 11.5 Å². The van der Waals surface area contributed by atoms with Gasteiger partial charge >= 0.3 is 0 Å². The van der Waals surface area contributed by atoms with Crippen molar-refractivity contribution in [2.75, 3.05) is 18.0 Å². The van der Waals surface area contributed by atoms with Crippen LogP contribution >= 0.6 is 12.4 Å². The molecule has 2 N–H and O–H groups in total. The molecule has 170 valence electrons. The van der Waals surface area contributed by atoms with E-state index in [0.717, 1.165) is 22.7 Å². The van der Waals surface area contributed by atoms with E-state index in [1.807, 2.05) is 37.3 Å². The summed E-state index contributed by atoms with van der Waals surface area (Å²) in [5.74, 6) is 1.18. The molecule has 2 atom stereocenters. The quantitative estimate of drug-likeness (QED) is 0.355. The highest BCUT2D eigenvalue weighted by Gasteiger charge is 2.27. The molecule has 0 saturated carbocycles. The van der Waals surface area contributed by atoms with Crippen molar-refractivity contribution < 1.29 is 9.84 Å². The number of phenolic OH excluding ortho intramolecular Hbond substituents is 1. The molecular formula is C28H29ClN2O2. The van der Waals surface area contributed by atoms with Crippen molar-refractivity contribution in [3.05, 3.63) is 96.1 Å². The standard InChI is InChI=1S/C28H28N2O2.ClH/c1-19-14-15-22(16-27(19)31)30-18-23(32-28-13-6-5-12-26(28)30)17-29-20(2)24-11-7-9-21-8-3-4-10-25(21)24;/h3-16,20,23,29,31H,17-18H2,1-2H3;1H/t20-,23?;/m1./s1. The van der Waals surface area contributed by atoms with Crippen LogP contribution in [-0.2, 0) is 0 Å². The Morgan fingerprint density at radius 2 is 1.76 bits per heavy atom. The summed E-state index contributed by atoms with van der Waals surface area (Å²) in [4.78, 5) is 2.23. The predicted octanol–water partition coefficient (Wildman–Crippen LogP) is 6.53. The van der Waals surface area contributed by atoms with Crippen LogP contribution in [-0.4, -0.2) is 24.3 Å². The summed E-state index contributed by atoms with van der Waals surface area (Å²) in [7, 11) is 0. The van der Waals surface area contributed by atoms with Gasteiger partial charge in [0.25, 0.3) is 0 Å². The van der Waals surface area contributed by atoms with E-state index in [9.17, 15) is 5.11 Å². The molecule has 4 aromatic rings. The number of aromatic hydroxyl groups is 1. The molecule has 0 aromatic heterocycles. The summed E-state index contributed by atoms with van der Waals surface area (Å²) < 4.78 is 6.34. The number of anilines is 2. The molecule has 0 amide bonds. The summed E-state index contributed by atoms with van der Waals surface area (Å²) in [6.45, 7) is 5.53. The minimum Gasteiger partial charge on any atom is -0.508 e. The van der Waals surface area contributed by atoms with Gasteiger partial charge in [-0.25, -0.2) is 0 Å². The maximum atomic E-state index is 10.3. The van der Waals surface area contributed by atoms with Gasteiger partial charge in [0.2, 0.25) is 0 Å². The minimum atomic E-state index is -0.0224. The lowest BCUT2D eigenvalue weighted by Gasteiger charge is -2.37. The molecule has 5 rings (SSSR count). The number of nitrogens with zero attached hydrogens (tertiary/aromatic N) is 1. The van der Waals surface area contributed by atoms with Gasteiger partial charge in [-0.15, -0.1) is 12.4 Å². The van der Waals surface area contributed by atoms with Crippen molar-refractivity contribution in [1.82, 2.24) is 5.32 Å². The van der Waals surface area contributed by atoms with Crippen molar-refractivity contribution in [2.45, 2.75) is 26.0 Å². The van der Waals surface area contributed by atoms with Crippen LogP contribution in [0.2, 0.25) is 0 Å². The second-order valence-electron chi connectivity index (χ2n) is 8.49.